The molecule has 1 unspecified atom stereocenters. The molecule has 2 amide bonds. The third kappa shape index (κ3) is 5.12. The average Bonchev–Trinajstić information content (AvgIpc) is 2.68. The van der Waals surface area contributed by atoms with Crippen LogP contribution in [0.2, 0.25) is 0 Å². The van der Waals surface area contributed by atoms with Crippen LogP contribution in [-0.2, 0) is 9.59 Å². The Morgan fingerprint density at radius 3 is 2.60 bits per heavy atom. The van der Waals surface area contributed by atoms with Crippen molar-refractivity contribution in [3.05, 3.63) is 0 Å². The van der Waals surface area contributed by atoms with E-state index in [0.29, 0.717) is 0 Å². The first-order valence-corrected chi connectivity index (χ1v) is 7.76. The molecule has 2 atom stereocenters. The molecule has 116 valence electrons. The first kappa shape index (κ1) is 17.0. The molecular formula is C15H29N3O2. The third-order valence-electron chi connectivity index (χ3n) is 4.21. The van der Waals surface area contributed by atoms with E-state index in [1.165, 1.54) is 12.8 Å². The van der Waals surface area contributed by atoms with Crippen molar-refractivity contribution >= 4 is 11.8 Å². The molecule has 5 nitrogen and oxygen atoms in total. The second-order valence-corrected chi connectivity index (χ2v) is 6.07. The number of rotatable bonds is 5. The van der Waals surface area contributed by atoms with Crippen molar-refractivity contribution in [1.82, 2.24) is 10.2 Å². The van der Waals surface area contributed by atoms with E-state index < -0.39 is 6.04 Å². The van der Waals surface area contributed by atoms with Crippen molar-refractivity contribution in [3.63, 3.8) is 0 Å². The minimum Gasteiger partial charge on any atom is -0.346 e. The van der Waals surface area contributed by atoms with E-state index in [4.69, 9.17) is 5.73 Å². The molecule has 5 heteroatoms. The zero-order chi connectivity index (χ0) is 15.1. The highest BCUT2D eigenvalue weighted by atomic mass is 16.2. The molecular weight excluding hydrogens is 254 g/mol. The summed E-state index contributed by atoms with van der Waals surface area (Å²) in [5, 5.41) is 2.65. The Morgan fingerprint density at radius 2 is 2.00 bits per heavy atom. The van der Waals surface area contributed by atoms with Crippen LogP contribution in [-0.4, -0.2) is 42.4 Å². The maximum Gasteiger partial charge on any atom is 0.241 e. The number of amides is 2. The second kappa shape index (κ2) is 8.25. The Kier molecular flexibility index (Phi) is 6.99. The number of nitrogens with one attached hydrogen (secondary N) is 1. The third-order valence-corrected chi connectivity index (χ3v) is 4.21. The van der Waals surface area contributed by atoms with E-state index in [0.717, 1.165) is 31.8 Å². The Hall–Kier alpha value is -1.10. The van der Waals surface area contributed by atoms with Crippen molar-refractivity contribution in [1.29, 1.82) is 0 Å². The molecule has 1 fully saturated rings. The maximum absolute atomic E-state index is 12.1. The van der Waals surface area contributed by atoms with Gasteiger partial charge in [-0.3, -0.25) is 9.59 Å². The lowest BCUT2D eigenvalue weighted by Crippen LogP contribution is -2.48. The summed E-state index contributed by atoms with van der Waals surface area (Å²) >= 11 is 0. The number of hydrogen-bond donors (Lipinski definition) is 2. The summed E-state index contributed by atoms with van der Waals surface area (Å²) in [6, 6.07) is -0.545. The van der Waals surface area contributed by atoms with Gasteiger partial charge in [0.2, 0.25) is 11.8 Å². The van der Waals surface area contributed by atoms with Gasteiger partial charge in [-0.05, 0) is 31.1 Å². The van der Waals surface area contributed by atoms with Crippen molar-refractivity contribution in [2.45, 2.75) is 52.5 Å². The molecule has 0 aliphatic carbocycles. The van der Waals surface area contributed by atoms with E-state index in [1.807, 2.05) is 18.7 Å². The van der Waals surface area contributed by atoms with Crippen molar-refractivity contribution in [3.8, 4) is 0 Å². The molecule has 0 radical (unpaired) electrons. The van der Waals surface area contributed by atoms with Crippen LogP contribution in [0.1, 0.15) is 46.5 Å². The summed E-state index contributed by atoms with van der Waals surface area (Å²) < 4.78 is 0. The van der Waals surface area contributed by atoms with Crippen LogP contribution >= 0.6 is 0 Å². The summed E-state index contributed by atoms with van der Waals surface area (Å²) in [5.41, 5.74) is 5.75. The van der Waals surface area contributed by atoms with Gasteiger partial charge >= 0.3 is 0 Å². The van der Waals surface area contributed by atoms with E-state index in [1.54, 1.807) is 0 Å². The minimum atomic E-state index is -0.545. The number of nitrogens with two attached hydrogens (primary N) is 1. The average molecular weight is 283 g/mol. The van der Waals surface area contributed by atoms with Crippen LogP contribution in [0.5, 0.6) is 0 Å². The fourth-order valence-corrected chi connectivity index (χ4v) is 2.52. The number of carbonyl (C=O) groups is 2. The van der Waals surface area contributed by atoms with Crippen LogP contribution in [0.4, 0.5) is 0 Å². The molecule has 0 aromatic heterocycles. The number of nitrogens with zero attached hydrogens (tertiary/aromatic N) is 1. The molecule has 1 heterocycles. The molecule has 3 N–H and O–H groups in total. The molecule has 20 heavy (non-hydrogen) atoms. The summed E-state index contributed by atoms with van der Waals surface area (Å²) in [6.07, 6.45) is 4.51. The van der Waals surface area contributed by atoms with Gasteiger partial charge in [-0.1, -0.05) is 27.2 Å². The van der Waals surface area contributed by atoms with Crippen molar-refractivity contribution in [2.75, 3.05) is 19.6 Å². The summed E-state index contributed by atoms with van der Waals surface area (Å²) in [4.78, 5) is 25.7. The minimum absolute atomic E-state index is 0.00561. The lowest BCUT2D eigenvalue weighted by atomic mass is 9.98. The van der Waals surface area contributed by atoms with E-state index in [9.17, 15) is 9.59 Å². The molecule has 0 spiro atoms. The smallest absolute Gasteiger partial charge is 0.241 e. The Balaban J connectivity index is 2.37. The Labute approximate surface area is 122 Å². The van der Waals surface area contributed by atoms with Crippen LogP contribution in [0, 0.1) is 11.8 Å². The highest BCUT2D eigenvalue weighted by Gasteiger charge is 2.22. The van der Waals surface area contributed by atoms with Crippen LogP contribution in [0.25, 0.3) is 0 Å². The number of carbonyl (C=O) groups excluding carboxylic acids is 2. The predicted molar refractivity (Wildman–Crippen MR) is 80.0 cm³/mol. The largest absolute Gasteiger partial charge is 0.346 e. The van der Waals surface area contributed by atoms with Crippen LogP contribution in [0.15, 0.2) is 0 Å². The maximum atomic E-state index is 12.1. The number of hydrogen-bond acceptors (Lipinski definition) is 3. The van der Waals surface area contributed by atoms with Gasteiger partial charge < -0.3 is 16.0 Å². The van der Waals surface area contributed by atoms with Crippen molar-refractivity contribution < 1.29 is 9.59 Å². The van der Waals surface area contributed by atoms with Crippen molar-refractivity contribution in [2.24, 2.45) is 17.6 Å². The lowest BCUT2D eigenvalue weighted by Gasteiger charge is -2.22. The van der Waals surface area contributed by atoms with Crippen LogP contribution in [0.3, 0.4) is 0 Å². The fraction of sp³-hybridized carbons (Fsp3) is 0.867. The predicted octanol–water partition coefficient (Wildman–Crippen LogP) is 1.12. The topological polar surface area (TPSA) is 75.4 Å². The van der Waals surface area contributed by atoms with E-state index >= 15 is 0 Å². The van der Waals surface area contributed by atoms with Gasteiger partial charge in [0.1, 0.15) is 0 Å². The molecule has 0 bridgehead atoms. The molecule has 0 aromatic rings. The zero-order valence-electron chi connectivity index (χ0n) is 13.0. The Morgan fingerprint density at radius 1 is 1.30 bits per heavy atom. The molecule has 0 aromatic carbocycles. The summed E-state index contributed by atoms with van der Waals surface area (Å²) in [5.74, 6) is 0.575. The summed E-state index contributed by atoms with van der Waals surface area (Å²) in [6.45, 7) is 7.67. The van der Waals surface area contributed by atoms with Gasteiger partial charge in [0.25, 0.3) is 0 Å². The zero-order valence-corrected chi connectivity index (χ0v) is 13.0. The lowest BCUT2D eigenvalue weighted by molar-refractivity contribution is -0.133. The highest BCUT2D eigenvalue weighted by molar-refractivity contribution is 5.87. The van der Waals surface area contributed by atoms with Gasteiger partial charge in [0.15, 0.2) is 0 Å². The first-order valence-electron chi connectivity index (χ1n) is 7.76. The highest BCUT2D eigenvalue weighted by Crippen LogP contribution is 2.20. The van der Waals surface area contributed by atoms with Crippen LogP contribution < -0.4 is 11.1 Å². The Bertz CT molecular complexity index is 331. The fourth-order valence-electron chi connectivity index (χ4n) is 2.52. The standard InChI is InChI=1S/C15H29N3O2/c1-4-12-6-5-8-18(9-7-12)13(19)10-17-15(20)14(16)11(2)3/h11-12,14H,4-10,16H2,1-3H3,(H,17,20)/t12?,14-/m0/s1. The van der Waals surface area contributed by atoms with Gasteiger partial charge in [0, 0.05) is 13.1 Å². The second-order valence-electron chi connectivity index (χ2n) is 6.07. The summed E-state index contributed by atoms with van der Waals surface area (Å²) in [7, 11) is 0. The monoisotopic (exact) mass is 283 g/mol. The molecule has 1 aliphatic heterocycles. The molecule has 1 aliphatic rings. The SMILES string of the molecule is CCC1CCCN(C(=O)CNC(=O)[C@@H](N)C(C)C)CC1. The van der Waals surface area contributed by atoms with E-state index in [-0.39, 0.29) is 24.3 Å². The number of likely N-dealkylation sites (tertiary alicyclic amines) is 1. The van der Waals surface area contributed by atoms with Gasteiger partial charge in [0.05, 0.1) is 12.6 Å². The van der Waals surface area contributed by atoms with Gasteiger partial charge in [-0.25, -0.2) is 0 Å². The normalized spacial score (nSPS) is 21.4. The van der Waals surface area contributed by atoms with Gasteiger partial charge in [-0.2, -0.15) is 0 Å². The van der Waals surface area contributed by atoms with E-state index in [2.05, 4.69) is 12.2 Å². The van der Waals surface area contributed by atoms with Gasteiger partial charge in [-0.15, -0.1) is 0 Å². The molecule has 1 saturated heterocycles. The molecule has 0 saturated carbocycles. The molecule has 1 rings (SSSR count). The quantitative estimate of drug-likeness (QED) is 0.794. The first-order chi connectivity index (χ1) is 9.45.